The first-order valence-electron chi connectivity index (χ1n) is 7.14. The average molecular weight is 303 g/mol. The number of esters is 1. The van der Waals surface area contributed by atoms with Crippen LogP contribution in [0.1, 0.15) is 40.0 Å². The van der Waals surface area contributed by atoms with Crippen molar-refractivity contribution in [2.75, 3.05) is 26.2 Å². The molecule has 1 saturated heterocycles. The van der Waals surface area contributed by atoms with E-state index in [4.69, 9.17) is 9.84 Å². The summed E-state index contributed by atoms with van der Waals surface area (Å²) in [6.07, 6.45) is 2.30. The highest BCUT2D eigenvalue weighted by Crippen LogP contribution is 2.34. The summed E-state index contributed by atoms with van der Waals surface area (Å²) in [5, 5.41) is 9.09. The van der Waals surface area contributed by atoms with E-state index in [-0.39, 0.29) is 12.4 Å². The molecule has 1 aliphatic heterocycles. The number of hydrogen-bond donors (Lipinski definition) is 1. The average Bonchev–Trinajstić information content (AvgIpc) is 2.36. The minimum absolute atomic E-state index is 0.173. The number of carboxylic acids is 1. The number of ether oxygens (including phenoxy) is 1. The molecule has 1 heterocycles. The van der Waals surface area contributed by atoms with E-state index in [2.05, 4.69) is 4.90 Å². The van der Waals surface area contributed by atoms with Gasteiger partial charge in [0.2, 0.25) is 0 Å². The van der Waals surface area contributed by atoms with E-state index >= 15 is 0 Å². The van der Waals surface area contributed by atoms with Crippen LogP contribution in [-0.2, 0) is 14.3 Å². The summed E-state index contributed by atoms with van der Waals surface area (Å²) < 4.78 is 4.56. The van der Waals surface area contributed by atoms with Gasteiger partial charge in [0, 0.05) is 18.3 Å². The van der Waals surface area contributed by atoms with Gasteiger partial charge >= 0.3 is 11.9 Å². The molecule has 116 valence electrons. The lowest BCUT2D eigenvalue weighted by atomic mass is 10.1. The Kier molecular flexibility index (Phi) is 6.82. The van der Waals surface area contributed by atoms with Crippen molar-refractivity contribution in [1.82, 2.24) is 4.90 Å². The number of nitrogens with zero attached hydrogens (tertiary/aromatic N) is 1. The molecule has 0 aromatic rings. The molecule has 1 fully saturated rings. The van der Waals surface area contributed by atoms with Gasteiger partial charge in [-0.1, -0.05) is 0 Å². The highest BCUT2D eigenvalue weighted by atomic mass is 32.2. The fourth-order valence-corrected chi connectivity index (χ4v) is 3.89. The molecular weight excluding hydrogens is 278 g/mol. The number of piperidine rings is 1. The first-order chi connectivity index (χ1) is 9.35. The van der Waals surface area contributed by atoms with Gasteiger partial charge in [-0.2, -0.15) is 0 Å². The Balaban J connectivity index is 2.46. The number of carbonyl (C=O) groups excluding carboxylic acids is 1. The van der Waals surface area contributed by atoms with Crippen LogP contribution in [-0.4, -0.2) is 58.2 Å². The van der Waals surface area contributed by atoms with Crippen molar-refractivity contribution >= 4 is 23.7 Å². The van der Waals surface area contributed by atoms with Crippen molar-refractivity contribution in [3.63, 3.8) is 0 Å². The number of thioether (sulfide) groups is 1. The van der Waals surface area contributed by atoms with E-state index in [1.54, 1.807) is 11.8 Å². The molecule has 1 N–H and O–H groups in total. The number of aliphatic carboxylic acids is 1. The van der Waals surface area contributed by atoms with Gasteiger partial charge in [0.05, 0.1) is 13.0 Å². The Morgan fingerprint density at radius 3 is 2.75 bits per heavy atom. The Morgan fingerprint density at radius 1 is 1.45 bits per heavy atom. The molecule has 1 rings (SSSR count). The SMILES string of the molecule is CCOC(=O)C(C)(C)SC1CCCN(CCC(=O)O)C1. The molecule has 0 aromatic carbocycles. The summed E-state index contributed by atoms with van der Waals surface area (Å²) in [6, 6.07) is 0. The lowest BCUT2D eigenvalue weighted by Crippen LogP contribution is -2.41. The Hall–Kier alpha value is -0.750. The van der Waals surface area contributed by atoms with E-state index in [1.807, 2.05) is 20.8 Å². The third kappa shape index (κ3) is 5.71. The number of hydrogen-bond acceptors (Lipinski definition) is 5. The van der Waals surface area contributed by atoms with Gasteiger partial charge in [-0.3, -0.25) is 9.59 Å². The third-order valence-electron chi connectivity index (χ3n) is 3.33. The van der Waals surface area contributed by atoms with Crippen LogP contribution in [0.5, 0.6) is 0 Å². The third-order valence-corrected chi connectivity index (χ3v) is 4.81. The standard InChI is InChI=1S/C14H25NO4S/c1-4-19-13(18)14(2,3)20-11-6-5-8-15(10-11)9-7-12(16)17/h11H,4-10H2,1-3H3,(H,16,17). The number of likely N-dealkylation sites (tertiary alicyclic amines) is 1. The van der Waals surface area contributed by atoms with Gasteiger partial charge in [0.15, 0.2) is 0 Å². The second-order valence-electron chi connectivity index (χ2n) is 5.56. The highest BCUT2D eigenvalue weighted by molar-refractivity contribution is 8.02. The van der Waals surface area contributed by atoms with Crippen LogP contribution < -0.4 is 0 Å². The number of rotatable bonds is 7. The quantitative estimate of drug-likeness (QED) is 0.726. The van der Waals surface area contributed by atoms with Gasteiger partial charge in [0.1, 0.15) is 4.75 Å². The molecule has 0 saturated carbocycles. The molecule has 0 bridgehead atoms. The lowest BCUT2D eigenvalue weighted by Gasteiger charge is -2.35. The second-order valence-corrected chi connectivity index (χ2v) is 7.48. The van der Waals surface area contributed by atoms with E-state index < -0.39 is 10.7 Å². The second kappa shape index (κ2) is 7.88. The van der Waals surface area contributed by atoms with E-state index in [1.165, 1.54) is 0 Å². The van der Waals surface area contributed by atoms with Crippen LogP contribution in [0.2, 0.25) is 0 Å². The van der Waals surface area contributed by atoms with E-state index in [0.29, 0.717) is 18.4 Å². The topological polar surface area (TPSA) is 66.8 Å². The Labute approximate surface area is 125 Å². The van der Waals surface area contributed by atoms with Gasteiger partial charge in [-0.15, -0.1) is 11.8 Å². The van der Waals surface area contributed by atoms with Crippen molar-refractivity contribution in [2.24, 2.45) is 0 Å². The lowest BCUT2D eigenvalue weighted by molar-refractivity contribution is -0.145. The Morgan fingerprint density at radius 2 is 2.15 bits per heavy atom. The maximum atomic E-state index is 11.9. The van der Waals surface area contributed by atoms with Crippen molar-refractivity contribution < 1.29 is 19.4 Å². The predicted molar refractivity (Wildman–Crippen MR) is 80.0 cm³/mol. The fourth-order valence-electron chi connectivity index (χ4n) is 2.34. The van der Waals surface area contributed by atoms with Crippen LogP contribution in [0.15, 0.2) is 0 Å². The number of carboxylic acid groups (broad SMARTS) is 1. The number of carbonyl (C=O) groups is 2. The van der Waals surface area contributed by atoms with Gasteiger partial charge < -0.3 is 14.7 Å². The largest absolute Gasteiger partial charge is 0.481 e. The summed E-state index contributed by atoms with van der Waals surface area (Å²) in [6.45, 7) is 8.39. The zero-order chi connectivity index (χ0) is 15.2. The van der Waals surface area contributed by atoms with Crippen LogP contribution in [0.3, 0.4) is 0 Å². The first-order valence-corrected chi connectivity index (χ1v) is 8.02. The van der Waals surface area contributed by atoms with Crippen molar-refractivity contribution in [2.45, 2.75) is 50.0 Å². The van der Waals surface area contributed by atoms with Crippen molar-refractivity contribution in [1.29, 1.82) is 0 Å². The van der Waals surface area contributed by atoms with Crippen LogP contribution in [0.4, 0.5) is 0 Å². The highest BCUT2D eigenvalue weighted by Gasteiger charge is 2.34. The molecule has 1 aliphatic rings. The smallest absolute Gasteiger partial charge is 0.321 e. The molecule has 0 aromatic heterocycles. The van der Waals surface area contributed by atoms with Crippen molar-refractivity contribution in [3.8, 4) is 0 Å². The molecule has 0 spiro atoms. The molecule has 20 heavy (non-hydrogen) atoms. The summed E-state index contributed by atoms with van der Waals surface area (Å²) in [7, 11) is 0. The molecule has 0 amide bonds. The van der Waals surface area contributed by atoms with Gasteiger partial charge in [-0.05, 0) is 40.2 Å². The van der Waals surface area contributed by atoms with Crippen LogP contribution in [0.25, 0.3) is 0 Å². The predicted octanol–water partition coefficient (Wildman–Crippen LogP) is 2.00. The van der Waals surface area contributed by atoms with Crippen LogP contribution in [0, 0.1) is 0 Å². The van der Waals surface area contributed by atoms with Crippen molar-refractivity contribution in [3.05, 3.63) is 0 Å². The molecule has 0 aliphatic carbocycles. The minimum atomic E-state index is -0.758. The maximum absolute atomic E-state index is 11.9. The minimum Gasteiger partial charge on any atom is -0.481 e. The molecule has 5 nitrogen and oxygen atoms in total. The van der Waals surface area contributed by atoms with Crippen LogP contribution >= 0.6 is 11.8 Å². The summed E-state index contributed by atoms with van der Waals surface area (Å²) in [5.41, 5.74) is 0. The maximum Gasteiger partial charge on any atom is 0.321 e. The zero-order valence-electron chi connectivity index (χ0n) is 12.6. The monoisotopic (exact) mass is 303 g/mol. The van der Waals surface area contributed by atoms with E-state index in [0.717, 1.165) is 25.9 Å². The molecule has 1 unspecified atom stereocenters. The van der Waals surface area contributed by atoms with E-state index in [9.17, 15) is 9.59 Å². The molecule has 6 heteroatoms. The molecule has 1 atom stereocenters. The molecular formula is C14H25NO4S. The van der Waals surface area contributed by atoms with Gasteiger partial charge in [-0.25, -0.2) is 0 Å². The summed E-state index contributed by atoms with van der Waals surface area (Å²) >= 11 is 1.65. The normalized spacial score (nSPS) is 20.6. The Bertz CT molecular complexity index is 346. The van der Waals surface area contributed by atoms with Gasteiger partial charge in [0.25, 0.3) is 0 Å². The zero-order valence-corrected chi connectivity index (χ0v) is 13.4. The summed E-state index contributed by atoms with van der Waals surface area (Å²) in [4.78, 5) is 24.7. The summed E-state index contributed by atoms with van der Waals surface area (Å²) in [5.74, 6) is -0.931. The first kappa shape index (κ1) is 17.3. The molecule has 0 radical (unpaired) electrons. The fraction of sp³-hybridized carbons (Fsp3) is 0.857.